The maximum absolute atomic E-state index is 9.00. The van der Waals surface area contributed by atoms with Gasteiger partial charge < -0.3 is 11.5 Å². The number of hydrogen-bond donors (Lipinski definition) is 2. The summed E-state index contributed by atoms with van der Waals surface area (Å²) in [5, 5.41) is 0. The zero-order valence-electron chi connectivity index (χ0n) is 8.60. The van der Waals surface area contributed by atoms with Gasteiger partial charge in [-0.3, -0.25) is 4.98 Å². The van der Waals surface area contributed by atoms with Crippen LogP contribution in [0.15, 0.2) is 55.4 Å². The molecular weight excluding hydrogens is 206 g/mol. The van der Waals surface area contributed by atoms with Crippen molar-refractivity contribution >= 4 is 6.03 Å². The van der Waals surface area contributed by atoms with Crippen LogP contribution in [0.5, 0.6) is 0 Å². The second-order valence-corrected chi connectivity index (χ2v) is 2.33. The molecule has 0 aliphatic carbocycles. The summed E-state index contributed by atoms with van der Waals surface area (Å²) in [5.41, 5.74) is 8.50. The number of nitrogens with zero attached hydrogens (tertiary/aromatic N) is 3. The third-order valence-corrected chi connectivity index (χ3v) is 1.04. The molecule has 0 fully saturated rings. The van der Waals surface area contributed by atoms with Gasteiger partial charge in [0, 0.05) is 24.8 Å². The Bertz CT molecular complexity index is 265. The van der Waals surface area contributed by atoms with Crippen molar-refractivity contribution in [3.05, 3.63) is 55.4 Å². The highest BCUT2D eigenvalue weighted by Crippen LogP contribution is 1.73. The molecular formula is C10H13N5O. The van der Waals surface area contributed by atoms with Crippen LogP contribution in [0.4, 0.5) is 4.79 Å². The molecule has 2 amide bonds. The molecule has 2 heterocycles. The smallest absolute Gasteiger partial charge is 0.309 e. The molecule has 0 radical (unpaired) electrons. The van der Waals surface area contributed by atoms with E-state index in [1.165, 1.54) is 6.33 Å². The Morgan fingerprint density at radius 2 is 1.19 bits per heavy atom. The summed E-state index contributed by atoms with van der Waals surface area (Å²) in [4.78, 5) is 20.1. The minimum atomic E-state index is -0.833. The predicted octanol–water partition coefficient (Wildman–Crippen LogP) is 0.582. The van der Waals surface area contributed by atoms with E-state index in [0.717, 1.165) is 0 Å². The zero-order chi connectivity index (χ0) is 12.1. The van der Waals surface area contributed by atoms with Crippen molar-refractivity contribution in [2.75, 3.05) is 0 Å². The summed E-state index contributed by atoms with van der Waals surface area (Å²) >= 11 is 0. The number of carbonyl (C=O) groups is 1. The van der Waals surface area contributed by atoms with E-state index in [9.17, 15) is 0 Å². The van der Waals surface area contributed by atoms with Gasteiger partial charge in [0.15, 0.2) is 0 Å². The van der Waals surface area contributed by atoms with Crippen LogP contribution in [0.1, 0.15) is 0 Å². The molecule has 16 heavy (non-hydrogen) atoms. The van der Waals surface area contributed by atoms with Gasteiger partial charge in [-0.2, -0.15) is 0 Å². The van der Waals surface area contributed by atoms with Crippen molar-refractivity contribution in [2.24, 2.45) is 11.5 Å². The van der Waals surface area contributed by atoms with Crippen LogP contribution in [-0.4, -0.2) is 21.0 Å². The third-order valence-electron chi connectivity index (χ3n) is 1.04. The molecule has 0 saturated carbocycles. The van der Waals surface area contributed by atoms with Gasteiger partial charge in [0.25, 0.3) is 0 Å². The number of amides is 2. The first-order chi connectivity index (χ1) is 7.73. The van der Waals surface area contributed by atoms with Crippen LogP contribution in [0.2, 0.25) is 0 Å². The van der Waals surface area contributed by atoms with Gasteiger partial charge >= 0.3 is 6.03 Å². The topological polar surface area (TPSA) is 108 Å². The summed E-state index contributed by atoms with van der Waals surface area (Å²) in [6.07, 6.45) is 8.38. The molecule has 2 aromatic rings. The summed E-state index contributed by atoms with van der Waals surface area (Å²) in [7, 11) is 0. The van der Waals surface area contributed by atoms with Gasteiger partial charge in [0.05, 0.1) is 0 Å². The lowest BCUT2D eigenvalue weighted by atomic mass is 10.5. The number of primary amides is 2. The number of aromatic nitrogens is 3. The van der Waals surface area contributed by atoms with Crippen LogP contribution >= 0.6 is 0 Å². The number of hydrogen-bond acceptors (Lipinski definition) is 4. The zero-order valence-corrected chi connectivity index (χ0v) is 8.60. The fourth-order valence-electron chi connectivity index (χ4n) is 0.566. The lowest BCUT2D eigenvalue weighted by Gasteiger charge is -1.70. The molecule has 0 spiro atoms. The Labute approximate surface area is 93.4 Å². The molecule has 0 unspecified atom stereocenters. The lowest BCUT2D eigenvalue weighted by molar-refractivity contribution is 0.256. The fraction of sp³-hybridized carbons (Fsp3) is 0. The van der Waals surface area contributed by atoms with Crippen LogP contribution < -0.4 is 11.5 Å². The minimum absolute atomic E-state index is 0.833. The molecule has 0 atom stereocenters. The largest absolute Gasteiger partial charge is 0.352 e. The maximum atomic E-state index is 9.00. The monoisotopic (exact) mass is 219 g/mol. The first-order valence-corrected chi connectivity index (χ1v) is 4.33. The van der Waals surface area contributed by atoms with E-state index in [-0.39, 0.29) is 0 Å². The van der Waals surface area contributed by atoms with E-state index >= 15 is 0 Å². The van der Waals surface area contributed by atoms with Crippen LogP contribution in [0.3, 0.4) is 0 Å². The first kappa shape index (κ1) is 13.5. The summed E-state index contributed by atoms with van der Waals surface area (Å²) in [6, 6.07) is 6.66. The van der Waals surface area contributed by atoms with E-state index in [1.807, 2.05) is 18.2 Å². The minimum Gasteiger partial charge on any atom is -0.352 e. The van der Waals surface area contributed by atoms with E-state index in [0.29, 0.717) is 0 Å². The van der Waals surface area contributed by atoms with Gasteiger partial charge in [-0.25, -0.2) is 14.8 Å². The standard InChI is InChI=1S/C5H5N.C4H4N2.CH4N2O/c1-2-4-6-5-3-1;1-2-5-4-6-3-1;2-1(3)4/h1-5H;1-4H;(H4,2,3,4). The molecule has 0 aliphatic heterocycles. The number of carbonyl (C=O) groups excluding carboxylic acids is 1. The van der Waals surface area contributed by atoms with Gasteiger partial charge in [0.2, 0.25) is 0 Å². The average molecular weight is 219 g/mol. The number of urea groups is 1. The fourth-order valence-corrected chi connectivity index (χ4v) is 0.566. The first-order valence-electron chi connectivity index (χ1n) is 4.33. The maximum Gasteiger partial charge on any atom is 0.309 e. The highest BCUT2D eigenvalue weighted by molar-refractivity contribution is 5.69. The molecule has 0 aromatic carbocycles. The SMILES string of the molecule is NC(N)=O.c1ccncc1.c1cncnc1. The van der Waals surface area contributed by atoms with Crippen molar-refractivity contribution in [1.29, 1.82) is 0 Å². The highest BCUT2D eigenvalue weighted by Gasteiger charge is 1.61. The molecule has 0 bridgehead atoms. The van der Waals surface area contributed by atoms with Gasteiger partial charge in [-0.1, -0.05) is 6.07 Å². The Morgan fingerprint density at radius 1 is 0.750 bits per heavy atom. The molecule has 84 valence electrons. The van der Waals surface area contributed by atoms with Crippen molar-refractivity contribution in [3.63, 3.8) is 0 Å². The van der Waals surface area contributed by atoms with Crippen molar-refractivity contribution < 1.29 is 4.79 Å². The van der Waals surface area contributed by atoms with E-state index < -0.39 is 6.03 Å². The van der Waals surface area contributed by atoms with E-state index in [1.54, 1.807) is 30.9 Å². The molecule has 2 rings (SSSR count). The Morgan fingerprint density at radius 3 is 1.31 bits per heavy atom. The van der Waals surface area contributed by atoms with Crippen molar-refractivity contribution in [3.8, 4) is 0 Å². The predicted molar refractivity (Wildman–Crippen MR) is 60.0 cm³/mol. The second-order valence-electron chi connectivity index (χ2n) is 2.33. The highest BCUT2D eigenvalue weighted by atomic mass is 16.2. The molecule has 6 nitrogen and oxygen atoms in total. The Balaban J connectivity index is 0.000000217. The normalized spacial score (nSPS) is 7.50. The van der Waals surface area contributed by atoms with Crippen molar-refractivity contribution in [1.82, 2.24) is 15.0 Å². The summed E-state index contributed by atoms with van der Waals surface area (Å²) < 4.78 is 0. The van der Waals surface area contributed by atoms with E-state index in [2.05, 4.69) is 26.4 Å². The number of pyridine rings is 1. The van der Waals surface area contributed by atoms with Gasteiger partial charge in [-0.15, -0.1) is 0 Å². The summed E-state index contributed by atoms with van der Waals surface area (Å²) in [5.74, 6) is 0. The van der Waals surface area contributed by atoms with Crippen LogP contribution in [0, 0.1) is 0 Å². The molecule has 0 saturated heterocycles. The lowest BCUT2D eigenvalue weighted by Crippen LogP contribution is -2.18. The molecule has 6 heteroatoms. The number of nitrogens with two attached hydrogens (primary N) is 2. The van der Waals surface area contributed by atoms with Crippen molar-refractivity contribution in [2.45, 2.75) is 0 Å². The molecule has 0 aliphatic rings. The van der Waals surface area contributed by atoms with Gasteiger partial charge in [0.1, 0.15) is 6.33 Å². The molecule has 2 aromatic heterocycles. The van der Waals surface area contributed by atoms with Crippen LogP contribution in [-0.2, 0) is 0 Å². The second kappa shape index (κ2) is 10.6. The molecule has 4 N–H and O–H groups in total. The van der Waals surface area contributed by atoms with E-state index in [4.69, 9.17) is 4.79 Å². The number of rotatable bonds is 0. The third kappa shape index (κ3) is 14.0. The Hall–Kier alpha value is -2.50. The Kier molecular flexibility index (Phi) is 8.93. The average Bonchev–Trinajstić information content (AvgIpc) is 2.34. The summed E-state index contributed by atoms with van der Waals surface area (Å²) in [6.45, 7) is 0. The quantitative estimate of drug-likeness (QED) is 0.675. The van der Waals surface area contributed by atoms with Crippen LogP contribution in [0.25, 0.3) is 0 Å². The van der Waals surface area contributed by atoms with Gasteiger partial charge in [-0.05, 0) is 18.2 Å².